The molecule has 3 nitrogen and oxygen atoms in total. The molecule has 0 amide bonds. The Kier molecular flexibility index (Phi) is 3.93. The monoisotopic (exact) mass is 221 g/mol. The van der Waals surface area contributed by atoms with E-state index < -0.39 is 6.10 Å². The summed E-state index contributed by atoms with van der Waals surface area (Å²) in [6, 6.07) is 10.4. The van der Waals surface area contributed by atoms with Crippen molar-refractivity contribution in [2.75, 3.05) is 19.7 Å². The van der Waals surface area contributed by atoms with E-state index in [9.17, 15) is 5.11 Å². The Labute approximate surface area is 96.6 Å². The topological polar surface area (TPSA) is 32.7 Å². The quantitative estimate of drug-likeness (QED) is 0.834. The number of aliphatic hydroxyl groups is 1. The number of hydrogen-bond acceptors (Lipinski definition) is 3. The number of aliphatic hydroxyl groups excluding tert-OH is 1. The normalized spacial score (nSPS) is 24.2. The molecule has 0 unspecified atom stereocenters. The highest BCUT2D eigenvalue weighted by molar-refractivity contribution is 5.14. The van der Waals surface area contributed by atoms with Crippen LogP contribution in [0.4, 0.5) is 0 Å². The molecule has 1 saturated heterocycles. The molecule has 2 rings (SSSR count). The molecule has 3 heteroatoms. The summed E-state index contributed by atoms with van der Waals surface area (Å²) in [5.41, 5.74) is 1.31. The van der Waals surface area contributed by atoms with Crippen molar-refractivity contribution in [2.24, 2.45) is 0 Å². The van der Waals surface area contributed by atoms with Crippen LogP contribution in [0.2, 0.25) is 0 Å². The number of hydrogen-bond donors (Lipinski definition) is 1. The molecule has 0 spiro atoms. The van der Waals surface area contributed by atoms with E-state index in [2.05, 4.69) is 29.2 Å². The van der Waals surface area contributed by atoms with Gasteiger partial charge in [0.25, 0.3) is 0 Å². The number of rotatable bonds is 3. The van der Waals surface area contributed by atoms with Crippen LogP contribution in [-0.4, -0.2) is 41.9 Å². The minimum atomic E-state index is -0.390. The lowest BCUT2D eigenvalue weighted by Gasteiger charge is -2.34. The van der Waals surface area contributed by atoms with Crippen molar-refractivity contribution < 1.29 is 9.84 Å². The van der Waals surface area contributed by atoms with E-state index in [1.807, 2.05) is 6.07 Å². The highest BCUT2D eigenvalue weighted by Crippen LogP contribution is 2.12. The molecule has 0 bridgehead atoms. The van der Waals surface area contributed by atoms with E-state index >= 15 is 0 Å². The van der Waals surface area contributed by atoms with Gasteiger partial charge in [-0.25, -0.2) is 0 Å². The molecule has 1 aliphatic rings. The van der Waals surface area contributed by atoms with Gasteiger partial charge in [-0.1, -0.05) is 30.3 Å². The maximum Gasteiger partial charge on any atom is 0.0958 e. The summed E-state index contributed by atoms with van der Waals surface area (Å²) in [6.07, 6.45) is -0.434. The van der Waals surface area contributed by atoms with Crippen LogP contribution >= 0.6 is 0 Å². The fraction of sp³-hybridized carbons (Fsp3) is 0.538. The Morgan fingerprint density at radius 3 is 2.88 bits per heavy atom. The lowest BCUT2D eigenvalue weighted by Crippen LogP contribution is -2.46. The summed E-state index contributed by atoms with van der Waals surface area (Å²) in [7, 11) is 0. The third kappa shape index (κ3) is 3.04. The van der Waals surface area contributed by atoms with Gasteiger partial charge in [-0.3, -0.25) is 4.90 Å². The first kappa shape index (κ1) is 11.6. The summed E-state index contributed by atoms with van der Waals surface area (Å²) in [4.78, 5) is 2.33. The molecular formula is C13H19NO2. The van der Waals surface area contributed by atoms with E-state index in [0.29, 0.717) is 6.61 Å². The molecule has 1 fully saturated rings. The fourth-order valence-corrected chi connectivity index (χ4v) is 2.01. The fourth-order valence-electron chi connectivity index (χ4n) is 2.01. The van der Waals surface area contributed by atoms with Crippen molar-refractivity contribution in [3.05, 3.63) is 35.9 Å². The SMILES string of the molecule is C[C@H](O)[C@@H]1CN(Cc2ccccc2)CCO1. The van der Waals surface area contributed by atoms with Crippen LogP contribution in [0.3, 0.4) is 0 Å². The van der Waals surface area contributed by atoms with Crippen LogP contribution in [0.1, 0.15) is 12.5 Å². The molecule has 0 saturated carbocycles. The van der Waals surface area contributed by atoms with Gasteiger partial charge >= 0.3 is 0 Å². The van der Waals surface area contributed by atoms with E-state index in [0.717, 1.165) is 19.6 Å². The number of nitrogens with zero attached hydrogens (tertiary/aromatic N) is 1. The van der Waals surface area contributed by atoms with Crippen molar-refractivity contribution in [1.29, 1.82) is 0 Å². The molecule has 1 heterocycles. The average molecular weight is 221 g/mol. The van der Waals surface area contributed by atoms with Crippen LogP contribution in [0.5, 0.6) is 0 Å². The first-order valence-corrected chi connectivity index (χ1v) is 5.81. The van der Waals surface area contributed by atoms with Gasteiger partial charge < -0.3 is 9.84 Å². The second-order valence-corrected chi connectivity index (χ2v) is 4.37. The maximum atomic E-state index is 9.51. The largest absolute Gasteiger partial charge is 0.391 e. The Morgan fingerprint density at radius 1 is 1.44 bits per heavy atom. The maximum absolute atomic E-state index is 9.51. The molecule has 0 aliphatic carbocycles. The van der Waals surface area contributed by atoms with Crippen LogP contribution in [0, 0.1) is 0 Å². The highest BCUT2D eigenvalue weighted by atomic mass is 16.5. The number of morpholine rings is 1. The summed E-state index contributed by atoms with van der Waals surface area (Å²) in [5, 5.41) is 9.51. The number of benzene rings is 1. The Hall–Kier alpha value is -0.900. The molecular weight excluding hydrogens is 202 g/mol. The van der Waals surface area contributed by atoms with Gasteiger partial charge in [0, 0.05) is 19.6 Å². The third-order valence-corrected chi connectivity index (χ3v) is 2.96. The van der Waals surface area contributed by atoms with Crippen LogP contribution in [-0.2, 0) is 11.3 Å². The van der Waals surface area contributed by atoms with Gasteiger partial charge in [0.1, 0.15) is 0 Å². The van der Waals surface area contributed by atoms with Crippen molar-refractivity contribution >= 4 is 0 Å². The summed E-state index contributed by atoms with van der Waals surface area (Å²) in [5.74, 6) is 0. The van der Waals surface area contributed by atoms with Crippen molar-refractivity contribution in [1.82, 2.24) is 4.90 Å². The molecule has 0 aromatic heterocycles. The van der Waals surface area contributed by atoms with Gasteiger partial charge in [0.2, 0.25) is 0 Å². The minimum absolute atomic E-state index is 0.0440. The van der Waals surface area contributed by atoms with E-state index in [4.69, 9.17) is 4.74 Å². The van der Waals surface area contributed by atoms with Gasteiger partial charge in [-0.2, -0.15) is 0 Å². The van der Waals surface area contributed by atoms with Crippen LogP contribution in [0.15, 0.2) is 30.3 Å². The van der Waals surface area contributed by atoms with Crippen molar-refractivity contribution in [3.63, 3.8) is 0 Å². The minimum Gasteiger partial charge on any atom is -0.391 e. The van der Waals surface area contributed by atoms with Crippen molar-refractivity contribution in [2.45, 2.75) is 25.7 Å². The highest BCUT2D eigenvalue weighted by Gasteiger charge is 2.23. The molecule has 0 radical (unpaired) electrons. The summed E-state index contributed by atoms with van der Waals surface area (Å²) < 4.78 is 5.52. The van der Waals surface area contributed by atoms with E-state index in [1.54, 1.807) is 6.92 Å². The van der Waals surface area contributed by atoms with E-state index in [-0.39, 0.29) is 6.10 Å². The average Bonchev–Trinajstić information content (AvgIpc) is 2.30. The first-order valence-electron chi connectivity index (χ1n) is 5.81. The molecule has 1 aliphatic heterocycles. The molecule has 16 heavy (non-hydrogen) atoms. The van der Waals surface area contributed by atoms with Gasteiger partial charge in [0.05, 0.1) is 18.8 Å². The Balaban J connectivity index is 1.90. The zero-order valence-electron chi connectivity index (χ0n) is 9.67. The summed E-state index contributed by atoms with van der Waals surface area (Å²) in [6.45, 7) is 5.19. The van der Waals surface area contributed by atoms with Gasteiger partial charge in [-0.15, -0.1) is 0 Å². The van der Waals surface area contributed by atoms with Crippen molar-refractivity contribution in [3.8, 4) is 0 Å². The predicted octanol–water partition coefficient (Wildman–Crippen LogP) is 1.27. The molecule has 1 aromatic rings. The van der Waals surface area contributed by atoms with Gasteiger partial charge in [-0.05, 0) is 12.5 Å². The molecule has 1 aromatic carbocycles. The first-order chi connectivity index (χ1) is 7.75. The molecule has 1 N–H and O–H groups in total. The van der Waals surface area contributed by atoms with Crippen LogP contribution < -0.4 is 0 Å². The zero-order valence-corrected chi connectivity index (χ0v) is 9.67. The second kappa shape index (κ2) is 5.43. The smallest absolute Gasteiger partial charge is 0.0958 e. The Morgan fingerprint density at radius 2 is 2.19 bits per heavy atom. The second-order valence-electron chi connectivity index (χ2n) is 4.37. The lowest BCUT2D eigenvalue weighted by atomic mass is 10.1. The zero-order chi connectivity index (χ0) is 11.4. The van der Waals surface area contributed by atoms with E-state index in [1.165, 1.54) is 5.56 Å². The molecule has 2 atom stereocenters. The van der Waals surface area contributed by atoms with Crippen LogP contribution in [0.25, 0.3) is 0 Å². The third-order valence-electron chi connectivity index (χ3n) is 2.96. The Bertz CT molecular complexity index is 313. The lowest BCUT2D eigenvalue weighted by molar-refractivity contribution is -0.0845. The summed E-state index contributed by atoms with van der Waals surface area (Å²) >= 11 is 0. The van der Waals surface area contributed by atoms with Gasteiger partial charge in [0.15, 0.2) is 0 Å². The number of ether oxygens (including phenoxy) is 1. The standard InChI is InChI=1S/C13H19NO2/c1-11(15)13-10-14(7-8-16-13)9-12-5-3-2-4-6-12/h2-6,11,13,15H,7-10H2,1H3/t11-,13-/m0/s1. The predicted molar refractivity (Wildman–Crippen MR) is 63.1 cm³/mol. The molecule has 88 valence electrons.